The number of allylic oxidation sites excluding steroid dienone is 2. The molecule has 0 aliphatic carbocycles. The van der Waals surface area contributed by atoms with Crippen molar-refractivity contribution in [3.8, 4) is 11.3 Å². The summed E-state index contributed by atoms with van der Waals surface area (Å²) in [6.07, 6.45) is -2.12. The quantitative estimate of drug-likeness (QED) is 0.0591. The molecule has 0 bridgehead atoms. The lowest BCUT2D eigenvalue weighted by molar-refractivity contribution is -0.165. The Balaban J connectivity index is 1.90. The zero-order chi connectivity index (χ0) is 35.5. The van der Waals surface area contributed by atoms with Crippen molar-refractivity contribution < 1.29 is 49.3 Å². The van der Waals surface area contributed by atoms with Crippen LogP contribution in [0.25, 0.3) is 11.3 Å². The zero-order valence-corrected chi connectivity index (χ0v) is 27.3. The Morgan fingerprint density at radius 3 is 2.54 bits per heavy atom. The average molecular weight is 699 g/mol. The molecule has 1 aromatic heterocycles. The molecule has 14 nitrogen and oxygen atoms in total. The number of ether oxygens (including phenoxy) is 1. The number of nitrogens with zero attached hydrogens (tertiary/aromatic N) is 4. The van der Waals surface area contributed by atoms with Crippen molar-refractivity contribution in [2.45, 2.75) is 73.4 Å². The number of benzene rings is 1. The number of aromatic nitrogens is 3. The third kappa shape index (κ3) is 9.67. The van der Waals surface area contributed by atoms with Gasteiger partial charge in [0.1, 0.15) is 41.3 Å². The number of aliphatic imine (C=N–C) groups is 1. The van der Waals surface area contributed by atoms with Crippen molar-refractivity contribution in [2.24, 2.45) is 16.6 Å². The molecule has 0 amide bonds. The van der Waals surface area contributed by atoms with Crippen LogP contribution in [0.15, 0.2) is 71.2 Å². The smallest absolute Gasteiger partial charge is 0.208 e. The molecule has 7 unspecified atom stereocenters. The summed E-state index contributed by atoms with van der Waals surface area (Å²) in [7, 11) is 0. The van der Waals surface area contributed by atoms with E-state index < -0.39 is 91.1 Å². The third-order valence-electron chi connectivity index (χ3n) is 7.86. The van der Waals surface area contributed by atoms with Crippen LogP contribution in [-0.2, 0) is 4.74 Å². The molecule has 1 saturated heterocycles. The molecule has 11 atom stereocenters. The molecule has 17 heteroatoms. The Morgan fingerprint density at radius 2 is 1.94 bits per heavy atom. The zero-order valence-electron chi connectivity index (χ0n) is 26.4. The highest BCUT2D eigenvalue weighted by molar-refractivity contribution is 8.00. The van der Waals surface area contributed by atoms with E-state index in [9.17, 15) is 44.5 Å². The number of nitrogens with two attached hydrogens (primary N) is 1. The molecule has 1 aliphatic rings. The van der Waals surface area contributed by atoms with Gasteiger partial charge in [-0.05, 0) is 37.4 Å². The monoisotopic (exact) mass is 698 g/mol. The van der Waals surface area contributed by atoms with Crippen LogP contribution in [0.4, 0.5) is 8.78 Å². The summed E-state index contributed by atoms with van der Waals surface area (Å²) in [5.41, 5.74) is 5.73. The van der Waals surface area contributed by atoms with Crippen LogP contribution in [0.3, 0.4) is 0 Å². The Hall–Kier alpha value is -3.26. The van der Waals surface area contributed by atoms with Gasteiger partial charge in [-0.3, -0.25) is 4.99 Å². The Bertz CT molecular complexity index is 1420. The first kappa shape index (κ1) is 39.2. The number of hydrogen-bond acceptors (Lipinski definition) is 14. The Labute approximate surface area is 281 Å². The molecule has 10 N–H and O–H groups in total. The summed E-state index contributed by atoms with van der Waals surface area (Å²) in [4.78, 5) is 3.27. The van der Waals surface area contributed by atoms with E-state index in [1.54, 1.807) is 19.1 Å². The van der Waals surface area contributed by atoms with E-state index in [0.717, 1.165) is 22.5 Å². The van der Waals surface area contributed by atoms with Gasteiger partial charge in [-0.25, -0.2) is 13.5 Å². The normalized spacial score (nSPS) is 26.1. The van der Waals surface area contributed by atoms with E-state index in [2.05, 4.69) is 27.3 Å². The molecule has 0 radical (unpaired) electrons. The fourth-order valence-corrected chi connectivity index (χ4v) is 6.37. The van der Waals surface area contributed by atoms with Crippen molar-refractivity contribution in [3.63, 3.8) is 0 Å². The lowest BCUT2D eigenvalue weighted by Crippen LogP contribution is -2.62. The number of aliphatic hydroxyl groups is 7. The fourth-order valence-electron chi connectivity index (χ4n) is 5.08. The topological polar surface area (TPSA) is 232 Å². The van der Waals surface area contributed by atoms with E-state index in [0.29, 0.717) is 5.56 Å². The van der Waals surface area contributed by atoms with Gasteiger partial charge in [-0.2, -0.15) is 0 Å². The number of nitrogens with one attached hydrogen (secondary N) is 1. The Morgan fingerprint density at radius 1 is 1.21 bits per heavy atom. The van der Waals surface area contributed by atoms with Crippen molar-refractivity contribution in [1.29, 1.82) is 0 Å². The fraction of sp³-hybridized carbons (Fsp3) is 0.516. The van der Waals surface area contributed by atoms with E-state index in [4.69, 9.17) is 10.5 Å². The second kappa shape index (κ2) is 18.5. The highest BCUT2D eigenvalue weighted by atomic mass is 32.2. The third-order valence-corrected chi connectivity index (χ3v) is 9.30. The number of halogens is 2. The van der Waals surface area contributed by atoms with E-state index in [-0.39, 0.29) is 17.0 Å². The SMILES string of the molecule is C=NC(F)/C=C(\C=C/C)C(/N)=C/NC1C(O)[C@H](SC(CO)[C@H](O)C(C(O)[C@H](C)CO)n2cc(-c3cccc(F)c3)nn2)OC(CO)[C@@H]1O. The summed E-state index contributed by atoms with van der Waals surface area (Å²) < 4.78 is 34.6. The minimum absolute atomic E-state index is 0.0268. The largest absolute Gasteiger partial charge is 0.397 e. The van der Waals surface area contributed by atoms with Crippen molar-refractivity contribution in [1.82, 2.24) is 20.3 Å². The maximum absolute atomic E-state index is 13.9. The van der Waals surface area contributed by atoms with Crippen LogP contribution in [0.1, 0.15) is 19.9 Å². The van der Waals surface area contributed by atoms with Gasteiger partial charge in [-0.1, -0.05) is 36.4 Å². The second-order valence-corrected chi connectivity index (χ2v) is 12.6. The first-order chi connectivity index (χ1) is 22.9. The molecule has 0 spiro atoms. The predicted octanol–water partition coefficient (Wildman–Crippen LogP) is -0.234. The number of thioether (sulfide) groups is 1. The van der Waals surface area contributed by atoms with E-state index in [1.807, 2.05) is 0 Å². The summed E-state index contributed by atoms with van der Waals surface area (Å²) >= 11 is 0.769. The average Bonchev–Trinajstić information content (AvgIpc) is 3.56. The molecule has 1 aromatic carbocycles. The van der Waals surface area contributed by atoms with Gasteiger partial charge in [0.05, 0.1) is 48.6 Å². The molecular weight excluding hydrogens is 654 g/mol. The second-order valence-electron chi connectivity index (χ2n) is 11.3. The van der Waals surface area contributed by atoms with Crippen LogP contribution in [0.5, 0.6) is 0 Å². The van der Waals surface area contributed by atoms with Gasteiger partial charge < -0.3 is 51.5 Å². The van der Waals surface area contributed by atoms with Crippen molar-refractivity contribution in [2.75, 3.05) is 19.8 Å². The lowest BCUT2D eigenvalue weighted by atomic mass is 9.93. The molecule has 0 saturated carbocycles. The lowest BCUT2D eigenvalue weighted by Gasteiger charge is -2.44. The molecular formula is C31H44F2N6O8S. The predicted molar refractivity (Wildman–Crippen MR) is 175 cm³/mol. The van der Waals surface area contributed by atoms with E-state index in [1.165, 1.54) is 43.6 Å². The molecule has 48 heavy (non-hydrogen) atoms. The van der Waals surface area contributed by atoms with Gasteiger partial charge in [0.25, 0.3) is 0 Å². The molecule has 266 valence electrons. The van der Waals surface area contributed by atoms with Gasteiger partial charge in [0.2, 0.25) is 6.30 Å². The van der Waals surface area contributed by atoms with Crippen LogP contribution in [0.2, 0.25) is 0 Å². The van der Waals surface area contributed by atoms with Gasteiger partial charge in [-0.15, -0.1) is 16.9 Å². The molecule has 1 aliphatic heterocycles. The van der Waals surface area contributed by atoms with Crippen LogP contribution in [0, 0.1) is 11.7 Å². The van der Waals surface area contributed by atoms with Crippen molar-refractivity contribution >= 4 is 18.5 Å². The number of hydrogen-bond donors (Lipinski definition) is 9. The van der Waals surface area contributed by atoms with Gasteiger partial charge in [0, 0.05) is 24.3 Å². The summed E-state index contributed by atoms with van der Waals surface area (Å²) in [6, 6.07) is 3.06. The van der Waals surface area contributed by atoms with Crippen LogP contribution < -0.4 is 11.1 Å². The number of alkyl halides is 1. The van der Waals surface area contributed by atoms with Crippen molar-refractivity contribution in [3.05, 3.63) is 72.0 Å². The highest BCUT2D eigenvalue weighted by Gasteiger charge is 2.47. The first-order valence-electron chi connectivity index (χ1n) is 15.1. The molecule has 3 rings (SSSR count). The molecule has 2 aromatic rings. The summed E-state index contributed by atoms with van der Waals surface area (Å²) in [6.45, 7) is 4.55. The van der Waals surface area contributed by atoms with Crippen LogP contribution in [-0.4, -0.2) is 131 Å². The molecule has 2 heterocycles. The minimum atomic E-state index is -1.74. The Kier molecular flexibility index (Phi) is 15.1. The molecule has 1 fully saturated rings. The summed E-state index contributed by atoms with van der Waals surface area (Å²) in [5.74, 6) is -1.29. The maximum atomic E-state index is 13.9. The maximum Gasteiger partial charge on any atom is 0.208 e. The number of rotatable bonds is 17. The van der Waals surface area contributed by atoms with Gasteiger partial charge in [0.15, 0.2) is 0 Å². The number of aliphatic hydroxyl groups excluding tert-OH is 7. The summed E-state index contributed by atoms with van der Waals surface area (Å²) in [5, 5.41) is 84.7. The standard InChI is InChI=1S/C31H44F2N6O8S/c1-4-6-17(10-24(33)35-3)20(34)11-36-25-28(44)22(14-41)47-31(30(25)46)48-23(15-42)29(45)26(27(43)16(2)13-40)39-12-21(37-38-39)18-7-5-8-19(32)9-18/h4-12,16,22-31,36,40-46H,3,13-15,34H2,1-2H3/b6-4-,17-10+,20-11-/t16-,22?,23?,24?,25?,26?,27?,28+,29+,30?,31+/m1/s1. The highest BCUT2D eigenvalue weighted by Crippen LogP contribution is 2.36. The minimum Gasteiger partial charge on any atom is -0.397 e. The van der Waals surface area contributed by atoms with E-state index >= 15 is 0 Å². The first-order valence-corrected chi connectivity index (χ1v) is 16.0. The van der Waals surface area contributed by atoms with Gasteiger partial charge >= 0.3 is 0 Å². The van der Waals surface area contributed by atoms with Crippen LogP contribution >= 0.6 is 11.8 Å².